The number of anilines is 1. The van der Waals surface area contributed by atoms with Crippen molar-refractivity contribution in [1.29, 1.82) is 0 Å². The molecule has 92 valence electrons. The van der Waals surface area contributed by atoms with Gasteiger partial charge in [-0.25, -0.2) is 0 Å². The second kappa shape index (κ2) is 5.20. The van der Waals surface area contributed by atoms with Crippen LogP contribution in [-0.4, -0.2) is 33.4 Å². The minimum atomic E-state index is -0.393. The average Bonchev–Trinajstić information content (AvgIpc) is 2.76. The van der Waals surface area contributed by atoms with Gasteiger partial charge in [-0.2, -0.15) is 10.2 Å². The molecule has 0 saturated carbocycles. The van der Waals surface area contributed by atoms with E-state index >= 15 is 0 Å². The molecule has 1 saturated heterocycles. The molecule has 1 aliphatic heterocycles. The number of carbonyl (C=O) groups excluding carboxylic acids is 1. The summed E-state index contributed by atoms with van der Waals surface area (Å²) in [7, 11) is 0. The van der Waals surface area contributed by atoms with Crippen molar-refractivity contribution >= 4 is 11.6 Å². The molecule has 1 aromatic rings. The highest BCUT2D eigenvalue weighted by Crippen LogP contribution is 2.20. The summed E-state index contributed by atoms with van der Waals surface area (Å²) in [4.78, 5) is 11.8. The summed E-state index contributed by atoms with van der Waals surface area (Å²) < 4.78 is 5.45. The smallest absolute Gasteiger partial charge is 0.253 e. The Bertz CT molecular complexity index is 411. The van der Waals surface area contributed by atoms with Crippen molar-refractivity contribution in [3.05, 3.63) is 18.0 Å². The van der Waals surface area contributed by atoms with E-state index in [4.69, 9.17) is 9.84 Å². The van der Waals surface area contributed by atoms with E-state index in [2.05, 4.69) is 15.5 Å². The van der Waals surface area contributed by atoms with E-state index in [9.17, 15) is 4.79 Å². The Kier molecular flexibility index (Phi) is 3.65. The van der Waals surface area contributed by atoms with Crippen LogP contribution < -0.4 is 5.32 Å². The monoisotopic (exact) mass is 237 g/mol. The highest BCUT2D eigenvalue weighted by atomic mass is 16.5. The molecule has 2 heterocycles. The maximum atomic E-state index is 11.8. The first kappa shape index (κ1) is 11.9. The molecule has 6 nitrogen and oxygen atoms in total. The maximum absolute atomic E-state index is 11.8. The zero-order valence-electron chi connectivity index (χ0n) is 9.59. The SMILES string of the molecule is CC1CCC(C(=O)Nc2cnnc(CO)c2)O1. The Labute approximate surface area is 99.0 Å². The Hall–Kier alpha value is -1.53. The number of hydrogen-bond donors (Lipinski definition) is 2. The fourth-order valence-corrected chi connectivity index (χ4v) is 1.77. The molecule has 17 heavy (non-hydrogen) atoms. The van der Waals surface area contributed by atoms with Gasteiger partial charge < -0.3 is 15.2 Å². The van der Waals surface area contributed by atoms with Gasteiger partial charge in [-0.15, -0.1) is 0 Å². The van der Waals surface area contributed by atoms with Gasteiger partial charge >= 0.3 is 0 Å². The summed E-state index contributed by atoms with van der Waals surface area (Å²) >= 11 is 0. The van der Waals surface area contributed by atoms with Gasteiger partial charge in [0.1, 0.15) is 6.10 Å². The zero-order chi connectivity index (χ0) is 12.3. The van der Waals surface area contributed by atoms with Crippen molar-refractivity contribution in [3.8, 4) is 0 Å². The lowest BCUT2D eigenvalue weighted by Gasteiger charge is -2.11. The van der Waals surface area contributed by atoms with E-state index in [0.717, 1.165) is 12.8 Å². The number of ether oxygens (including phenoxy) is 1. The molecule has 0 aromatic carbocycles. The third kappa shape index (κ3) is 2.98. The minimum Gasteiger partial charge on any atom is -0.390 e. The number of rotatable bonds is 3. The average molecular weight is 237 g/mol. The van der Waals surface area contributed by atoms with E-state index in [-0.39, 0.29) is 18.6 Å². The van der Waals surface area contributed by atoms with Gasteiger partial charge in [0, 0.05) is 0 Å². The molecule has 6 heteroatoms. The molecule has 2 atom stereocenters. The molecule has 1 aliphatic rings. The van der Waals surface area contributed by atoms with Gasteiger partial charge in [0.25, 0.3) is 5.91 Å². The van der Waals surface area contributed by atoms with Crippen LogP contribution in [0.3, 0.4) is 0 Å². The van der Waals surface area contributed by atoms with Crippen LogP contribution in [0.4, 0.5) is 5.69 Å². The lowest BCUT2D eigenvalue weighted by atomic mass is 10.2. The number of aliphatic hydroxyl groups excluding tert-OH is 1. The fraction of sp³-hybridized carbons (Fsp3) is 0.545. The molecule has 1 fully saturated rings. The van der Waals surface area contributed by atoms with Crippen LogP contribution in [0.15, 0.2) is 12.3 Å². The summed E-state index contributed by atoms with van der Waals surface area (Å²) in [6.07, 6.45) is 2.81. The summed E-state index contributed by atoms with van der Waals surface area (Å²) in [5, 5.41) is 19.0. The van der Waals surface area contributed by atoms with Crippen LogP contribution in [-0.2, 0) is 16.1 Å². The second-order valence-corrected chi connectivity index (χ2v) is 4.10. The van der Waals surface area contributed by atoms with Crippen LogP contribution in [0.2, 0.25) is 0 Å². The van der Waals surface area contributed by atoms with Gasteiger partial charge in [0.2, 0.25) is 0 Å². The van der Waals surface area contributed by atoms with E-state index in [1.54, 1.807) is 6.07 Å². The van der Waals surface area contributed by atoms with Crippen molar-refractivity contribution in [2.45, 2.75) is 38.6 Å². The predicted molar refractivity (Wildman–Crippen MR) is 60.2 cm³/mol. The van der Waals surface area contributed by atoms with Crippen LogP contribution in [0, 0.1) is 0 Å². The normalized spacial score (nSPS) is 23.6. The standard InChI is InChI=1S/C11H15N3O3/c1-7-2-3-10(17-7)11(16)13-8-4-9(6-15)14-12-5-8/h4-5,7,10,15H,2-3,6H2,1H3,(H,13,14,16). The molecule has 2 unspecified atom stereocenters. The highest BCUT2D eigenvalue weighted by Gasteiger charge is 2.28. The maximum Gasteiger partial charge on any atom is 0.253 e. The molecular formula is C11H15N3O3. The second-order valence-electron chi connectivity index (χ2n) is 4.10. The van der Waals surface area contributed by atoms with Crippen LogP contribution in [0.25, 0.3) is 0 Å². The zero-order valence-corrected chi connectivity index (χ0v) is 9.59. The number of hydrogen-bond acceptors (Lipinski definition) is 5. The summed E-state index contributed by atoms with van der Waals surface area (Å²) in [6.45, 7) is 1.75. The lowest BCUT2D eigenvalue weighted by molar-refractivity contribution is -0.126. The van der Waals surface area contributed by atoms with Gasteiger partial charge in [0.15, 0.2) is 0 Å². The Morgan fingerprint density at radius 3 is 3.12 bits per heavy atom. The highest BCUT2D eigenvalue weighted by molar-refractivity contribution is 5.94. The number of aliphatic hydroxyl groups is 1. The topological polar surface area (TPSA) is 84.3 Å². The van der Waals surface area contributed by atoms with Crippen LogP contribution in [0.5, 0.6) is 0 Å². The minimum absolute atomic E-state index is 0.134. The number of nitrogens with zero attached hydrogens (tertiary/aromatic N) is 2. The van der Waals surface area contributed by atoms with Gasteiger partial charge in [-0.05, 0) is 25.8 Å². The number of carbonyl (C=O) groups is 1. The van der Waals surface area contributed by atoms with Gasteiger partial charge in [-0.1, -0.05) is 0 Å². The van der Waals surface area contributed by atoms with Crippen LogP contribution in [0.1, 0.15) is 25.5 Å². The van der Waals surface area contributed by atoms with E-state index in [1.165, 1.54) is 6.20 Å². The van der Waals surface area contributed by atoms with Crippen molar-refractivity contribution in [2.75, 3.05) is 5.32 Å². The number of nitrogens with one attached hydrogen (secondary N) is 1. The first-order valence-corrected chi connectivity index (χ1v) is 5.58. The Morgan fingerprint density at radius 1 is 1.65 bits per heavy atom. The first-order valence-electron chi connectivity index (χ1n) is 5.58. The third-order valence-corrected chi connectivity index (χ3v) is 2.66. The molecular weight excluding hydrogens is 222 g/mol. The fourth-order valence-electron chi connectivity index (χ4n) is 1.77. The molecule has 1 amide bonds. The molecule has 2 N–H and O–H groups in total. The summed E-state index contributed by atoms with van der Waals surface area (Å²) in [5.41, 5.74) is 0.945. The molecule has 0 bridgehead atoms. The summed E-state index contributed by atoms with van der Waals surface area (Å²) in [6, 6.07) is 1.59. The van der Waals surface area contributed by atoms with Crippen molar-refractivity contribution < 1.29 is 14.6 Å². The van der Waals surface area contributed by atoms with Crippen LogP contribution >= 0.6 is 0 Å². The van der Waals surface area contributed by atoms with E-state index in [0.29, 0.717) is 11.4 Å². The predicted octanol–water partition coefficient (Wildman–Crippen LogP) is 0.475. The Morgan fingerprint density at radius 2 is 2.47 bits per heavy atom. The van der Waals surface area contributed by atoms with Crippen molar-refractivity contribution in [1.82, 2.24) is 10.2 Å². The summed E-state index contributed by atoms with van der Waals surface area (Å²) in [5.74, 6) is -0.175. The van der Waals surface area contributed by atoms with Gasteiger partial charge in [-0.3, -0.25) is 4.79 Å². The van der Waals surface area contributed by atoms with Crippen molar-refractivity contribution in [2.24, 2.45) is 0 Å². The van der Waals surface area contributed by atoms with E-state index in [1.807, 2.05) is 6.92 Å². The van der Waals surface area contributed by atoms with Gasteiger partial charge in [0.05, 0.1) is 30.3 Å². The largest absolute Gasteiger partial charge is 0.390 e. The number of amides is 1. The first-order chi connectivity index (χ1) is 8.19. The van der Waals surface area contributed by atoms with Crippen molar-refractivity contribution in [3.63, 3.8) is 0 Å². The number of aromatic nitrogens is 2. The van der Waals surface area contributed by atoms with E-state index < -0.39 is 6.10 Å². The molecule has 0 spiro atoms. The third-order valence-electron chi connectivity index (χ3n) is 2.66. The molecule has 0 aliphatic carbocycles. The molecule has 2 rings (SSSR count). The molecule has 1 aromatic heterocycles. The lowest BCUT2D eigenvalue weighted by Crippen LogP contribution is -2.27. The quantitative estimate of drug-likeness (QED) is 0.798. The molecule has 0 radical (unpaired) electrons. The Balaban J connectivity index is 1.98.